The number of aliphatic hydroxyl groups excluding tert-OH is 2. The quantitative estimate of drug-likeness (QED) is 0.429. The number of hydrogen-bond donors (Lipinski definition) is 3. The molecule has 0 aromatic heterocycles. The molecule has 0 aliphatic heterocycles. The number of hydrogen-bond acceptors (Lipinski definition) is 5. The summed E-state index contributed by atoms with van der Waals surface area (Å²) in [5.74, 6) is -1.44. The van der Waals surface area contributed by atoms with Crippen molar-refractivity contribution in [3.8, 4) is 0 Å². The third-order valence-corrected chi connectivity index (χ3v) is 1.56. The van der Waals surface area contributed by atoms with Crippen molar-refractivity contribution in [2.24, 2.45) is 11.7 Å². The highest BCUT2D eigenvalue weighted by Gasteiger charge is 2.28. The minimum atomic E-state index is -1.29. The van der Waals surface area contributed by atoms with E-state index in [9.17, 15) is 4.79 Å². The van der Waals surface area contributed by atoms with Gasteiger partial charge in [0.1, 0.15) is 11.8 Å². The lowest BCUT2D eigenvalue weighted by atomic mass is 10.0. The molecule has 5 heteroatoms. The van der Waals surface area contributed by atoms with Gasteiger partial charge in [0.15, 0.2) is 0 Å². The van der Waals surface area contributed by atoms with Crippen molar-refractivity contribution >= 4 is 5.97 Å². The molecule has 0 rings (SSSR count). The molecule has 1 unspecified atom stereocenters. The molecule has 4 N–H and O–H groups in total. The smallest absolute Gasteiger partial charge is 0.313 e. The Morgan fingerprint density at radius 3 is 2.29 bits per heavy atom. The first kappa shape index (κ1) is 13.4. The fourth-order valence-corrected chi connectivity index (χ4v) is 0.945. The summed E-state index contributed by atoms with van der Waals surface area (Å²) in [6.45, 7) is 4.97. The van der Waals surface area contributed by atoms with E-state index in [1.54, 1.807) is 20.8 Å². The van der Waals surface area contributed by atoms with Crippen LogP contribution < -0.4 is 5.73 Å². The summed E-state index contributed by atoms with van der Waals surface area (Å²) in [4.78, 5) is 11.4. The van der Waals surface area contributed by atoms with E-state index in [4.69, 9.17) is 20.7 Å². The van der Waals surface area contributed by atoms with Gasteiger partial charge in [0.05, 0.1) is 5.92 Å². The van der Waals surface area contributed by atoms with E-state index in [0.29, 0.717) is 0 Å². The molecule has 0 spiro atoms. The molecule has 0 fully saturated rings. The normalized spacial score (nSPS) is 16.1. The van der Waals surface area contributed by atoms with Crippen molar-refractivity contribution in [1.82, 2.24) is 0 Å². The van der Waals surface area contributed by atoms with Crippen LogP contribution in [0.15, 0.2) is 0 Å². The van der Waals surface area contributed by atoms with Crippen LogP contribution in [0.5, 0.6) is 0 Å². The summed E-state index contributed by atoms with van der Waals surface area (Å²) >= 11 is 0. The van der Waals surface area contributed by atoms with E-state index in [1.165, 1.54) is 0 Å². The molecular formula is C9H19NO4. The standard InChI is InChI=1S/C9H19NO4/c1-9(2,3)14-8(13)6(4-5-11)7(10)12/h6-7,11-12H,4-5,10H2,1-3H3/t6?,7-/m0/s1. The molecule has 0 amide bonds. The Morgan fingerprint density at radius 2 is 2.00 bits per heavy atom. The minimum Gasteiger partial charge on any atom is -0.460 e. The van der Waals surface area contributed by atoms with Gasteiger partial charge in [-0.2, -0.15) is 0 Å². The fourth-order valence-electron chi connectivity index (χ4n) is 0.945. The van der Waals surface area contributed by atoms with E-state index >= 15 is 0 Å². The molecule has 2 atom stereocenters. The second kappa shape index (κ2) is 5.29. The Morgan fingerprint density at radius 1 is 1.50 bits per heavy atom. The Labute approximate surface area is 83.9 Å². The summed E-state index contributed by atoms with van der Waals surface area (Å²) in [5.41, 5.74) is 4.57. The van der Waals surface area contributed by atoms with Crippen LogP contribution in [0.4, 0.5) is 0 Å². The van der Waals surface area contributed by atoms with E-state index in [0.717, 1.165) is 0 Å². The Balaban J connectivity index is 4.30. The fraction of sp³-hybridized carbons (Fsp3) is 0.889. The van der Waals surface area contributed by atoms with Crippen molar-refractivity contribution in [3.63, 3.8) is 0 Å². The number of aliphatic hydroxyl groups is 2. The van der Waals surface area contributed by atoms with E-state index in [-0.39, 0.29) is 13.0 Å². The SMILES string of the molecule is CC(C)(C)OC(=O)C(CCO)[C@@H](N)O. The molecular weight excluding hydrogens is 186 g/mol. The molecule has 0 aromatic carbocycles. The molecule has 0 bridgehead atoms. The number of esters is 1. The average molecular weight is 205 g/mol. The van der Waals surface area contributed by atoms with E-state index in [2.05, 4.69) is 0 Å². The van der Waals surface area contributed by atoms with Gasteiger partial charge in [0.25, 0.3) is 0 Å². The first-order chi connectivity index (χ1) is 6.28. The maximum atomic E-state index is 11.4. The summed E-state index contributed by atoms with van der Waals surface area (Å²) in [6, 6.07) is 0. The van der Waals surface area contributed by atoms with Crippen LogP contribution in [0.3, 0.4) is 0 Å². The molecule has 0 saturated heterocycles. The summed E-state index contributed by atoms with van der Waals surface area (Å²) in [6.07, 6.45) is -1.19. The molecule has 14 heavy (non-hydrogen) atoms. The van der Waals surface area contributed by atoms with Crippen molar-refractivity contribution in [3.05, 3.63) is 0 Å². The molecule has 0 heterocycles. The highest BCUT2D eigenvalue weighted by atomic mass is 16.6. The molecule has 0 radical (unpaired) electrons. The van der Waals surface area contributed by atoms with Crippen LogP contribution in [0.25, 0.3) is 0 Å². The minimum absolute atomic E-state index is 0.104. The zero-order valence-electron chi connectivity index (χ0n) is 8.86. The van der Waals surface area contributed by atoms with Gasteiger partial charge in [-0.05, 0) is 27.2 Å². The van der Waals surface area contributed by atoms with Gasteiger partial charge in [-0.15, -0.1) is 0 Å². The van der Waals surface area contributed by atoms with Crippen LogP contribution in [0.2, 0.25) is 0 Å². The van der Waals surface area contributed by atoms with Gasteiger partial charge in [0, 0.05) is 6.61 Å². The predicted molar refractivity (Wildman–Crippen MR) is 51.2 cm³/mol. The highest BCUT2D eigenvalue weighted by Crippen LogP contribution is 2.14. The van der Waals surface area contributed by atoms with Gasteiger partial charge >= 0.3 is 5.97 Å². The van der Waals surface area contributed by atoms with E-state index < -0.39 is 23.7 Å². The van der Waals surface area contributed by atoms with Crippen LogP contribution in [0, 0.1) is 5.92 Å². The largest absolute Gasteiger partial charge is 0.460 e. The average Bonchev–Trinajstić information content (AvgIpc) is 1.95. The number of nitrogens with two attached hydrogens (primary N) is 1. The maximum Gasteiger partial charge on any atom is 0.313 e. The number of ether oxygens (including phenoxy) is 1. The highest BCUT2D eigenvalue weighted by molar-refractivity contribution is 5.73. The second-order valence-electron chi connectivity index (χ2n) is 4.14. The molecule has 84 valence electrons. The molecule has 0 aliphatic rings. The zero-order chi connectivity index (χ0) is 11.4. The second-order valence-corrected chi connectivity index (χ2v) is 4.14. The maximum absolute atomic E-state index is 11.4. The van der Waals surface area contributed by atoms with Crippen LogP contribution in [-0.2, 0) is 9.53 Å². The van der Waals surface area contributed by atoms with Crippen molar-refractivity contribution in [1.29, 1.82) is 0 Å². The lowest BCUT2D eigenvalue weighted by Gasteiger charge is -2.24. The molecule has 5 nitrogen and oxygen atoms in total. The van der Waals surface area contributed by atoms with Gasteiger partial charge < -0.3 is 20.7 Å². The van der Waals surface area contributed by atoms with Crippen LogP contribution in [-0.4, -0.2) is 34.6 Å². The Kier molecular flexibility index (Phi) is 5.04. The monoisotopic (exact) mass is 205 g/mol. The Hall–Kier alpha value is -0.650. The lowest BCUT2D eigenvalue weighted by molar-refractivity contribution is -0.164. The summed E-state index contributed by atoms with van der Waals surface area (Å²) in [7, 11) is 0. The number of carbonyl (C=O) groups is 1. The van der Waals surface area contributed by atoms with Gasteiger partial charge in [-0.3, -0.25) is 4.79 Å². The van der Waals surface area contributed by atoms with Crippen LogP contribution in [0.1, 0.15) is 27.2 Å². The van der Waals surface area contributed by atoms with Gasteiger partial charge in [0.2, 0.25) is 0 Å². The molecule has 0 aliphatic carbocycles. The topological polar surface area (TPSA) is 92.8 Å². The number of carbonyl (C=O) groups excluding carboxylic acids is 1. The van der Waals surface area contributed by atoms with Gasteiger partial charge in [-0.1, -0.05) is 0 Å². The van der Waals surface area contributed by atoms with Crippen LogP contribution >= 0.6 is 0 Å². The molecule has 0 saturated carbocycles. The summed E-state index contributed by atoms with van der Waals surface area (Å²) in [5, 5.41) is 17.7. The number of rotatable bonds is 4. The lowest BCUT2D eigenvalue weighted by Crippen LogP contribution is -2.39. The van der Waals surface area contributed by atoms with Crippen molar-refractivity contribution in [2.75, 3.05) is 6.61 Å². The van der Waals surface area contributed by atoms with Crippen molar-refractivity contribution in [2.45, 2.75) is 39.0 Å². The predicted octanol–water partition coefficient (Wildman–Crippen LogP) is -0.396. The molecule has 0 aromatic rings. The third kappa shape index (κ3) is 5.16. The van der Waals surface area contributed by atoms with Crippen molar-refractivity contribution < 1.29 is 19.7 Å². The first-order valence-corrected chi connectivity index (χ1v) is 4.55. The Bertz CT molecular complexity index is 186. The van der Waals surface area contributed by atoms with Gasteiger partial charge in [-0.25, -0.2) is 0 Å². The third-order valence-electron chi connectivity index (χ3n) is 1.56. The summed E-state index contributed by atoms with van der Waals surface area (Å²) < 4.78 is 5.02. The van der Waals surface area contributed by atoms with E-state index in [1.807, 2.05) is 0 Å². The first-order valence-electron chi connectivity index (χ1n) is 4.55. The zero-order valence-corrected chi connectivity index (χ0v) is 8.86.